The van der Waals surface area contributed by atoms with Crippen LogP contribution >= 0.6 is 11.6 Å². The lowest BCUT2D eigenvalue weighted by Gasteiger charge is -2.12. The number of nitrogens with zero attached hydrogens (tertiary/aromatic N) is 3. The third-order valence-corrected chi connectivity index (χ3v) is 4.51. The zero-order valence-corrected chi connectivity index (χ0v) is 15.8. The van der Waals surface area contributed by atoms with E-state index < -0.39 is 0 Å². The SMILES string of the molecule is Cc1ccc(NC(=O)c2cc(C(C)C)nc3c2c(C)nn3C)c(Cl)c1. The van der Waals surface area contributed by atoms with Gasteiger partial charge in [-0.2, -0.15) is 5.10 Å². The topological polar surface area (TPSA) is 59.8 Å². The number of nitrogens with one attached hydrogen (secondary N) is 1. The van der Waals surface area contributed by atoms with Crippen LogP contribution in [0.5, 0.6) is 0 Å². The first-order chi connectivity index (χ1) is 11.8. The second-order valence-electron chi connectivity index (χ2n) is 6.59. The van der Waals surface area contributed by atoms with E-state index in [0.29, 0.717) is 21.9 Å². The van der Waals surface area contributed by atoms with E-state index in [1.165, 1.54) is 0 Å². The zero-order chi connectivity index (χ0) is 18.3. The summed E-state index contributed by atoms with van der Waals surface area (Å²) in [4.78, 5) is 17.6. The molecule has 6 heteroatoms. The Morgan fingerprint density at radius 1 is 1.24 bits per heavy atom. The second kappa shape index (κ2) is 6.48. The molecule has 3 rings (SSSR count). The summed E-state index contributed by atoms with van der Waals surface area (Å²) in [5.74, 6) is -0.00901. The maximum atomic E-state index is 13.0. The number of halogens is 1. The van der Waals surface area contributed by atoms with Crippen LogP contribution < -0.4 is 5.32 Å². The molecule has 0 radical (unpaired) electrons. The van der Waals surface area contributed by atoms with Crippen molar-refractivity contribution in [2.45, 2.75) is 33.6 Å². The molecule has 2 aromatic heterocycles. The van der Waals surface area contributed by atoms with Gasteiger partial charge in [-0.05, 0) is 43.5 Å². The molecule has 0 fully saturated rings. The standard InChI is InChI=1S/C19H21ClN4O/c1-10(2)16-9-13(17-12(4)23-24(5)18(17)21-16)19(25)22-15-7-6-11(3)8-14(15)20/h6-10H,1-5H3,(H,22,25). The molecule has 0 unspecified atom stereocenters. The first-order valence-electron chi connectivity index (χ1n) is 8.19. The fraction of sp³-hybridized carbons (Fsp3) is 0.316. The molecular formula is C19H21ClN4O. The van der Waals surface area contributed by atoms with Gasteiger partial charge in [0.15, 0.2) is 5.65 Å². The van der Waals surface area contributed by atoms with Crippen LogP contribution in [0.2, 0.25) is 5.02 Å². The summed E-state index contributed by atoms with van der Waals surface area (Å²) >= 11 is 6.25. The first kappa shape index (κ1) is 17.4. The van der Waals surface area contributed by atoms with Crippen LogP contribution in [0, 0.1) is 13.8 Å². The monoisotopic (exact) mass is 356 g/mol. The summed E-state index contributed by atoms with van der Waals surface area (Å²) in [6, 6.07) is 7.40. The normalized spacial score (nSPS) is 11.3. The van der Waals surface area contributed by atoms with Crippen LogP contribution in [0.4, 0.5) is 5.69 Å². The molecule has 5 nitrogen and oxygen atoms in total. The number of carbonyl (C=O) groups excluding carboxylic acids is 1. The van der Waals surface area contributed by atoms with E-state index >= 15 is 0 Å². The number of aryl methyl sites for hydroxylation is 3. The van der Waals surface area contributed by atoms with Crippen LogP contribution in [-0.4, -0.2) is 20.7 Å². The molecule has 1 N–H and O–H groups in total. The van der Waals surface area contributed by atoms with Gasteiger partial charge in [-0.15, -0.1) is 0 Å². The predicted molar refractivity (Wildman–Crippen MR) is 101 cm³/mol. The van der Waals surface area contributed by atoms with E-state index in [0.717, 1.165) is 22.3 Å². The van der Waals surface area contributed by atoms with E-state index in [9.17, 15) is 4.79 Å². The van der Waals surface area contributed by atoms with Crippen molar-refractivity contribution in [3.8, 4) is 0 Å². The molecule has 0 aliphatic heterocycles. The van der Waals surface area contributed by atoms with Crippen LogP contribution in [0.15, 0.2) is 24.3 Å². The Morgan fingerprint density at radius 3 is 2.60 bits per heavy atom. The molecule has 3 aromatic rings. The molecule has 0 aliphatic rings. The summed E-state index contributed by atoms with van der Waals surface area (Å²) in [5.41, 5.74) is 4.55. The Bertz CT molecular complexity index is 975. The Balaban J connectivity index is 2.11. The molecule has 25 heavy (non-hydrogen) atoms. The lowest BCUT2D eigenvalue weighted by molar-refractivity contribution is 0.102. The largest absolute Gasteiger partial charge is 0.321 e. The highest BCUT2D eigenvalue weighted by Gasteiger charge is 2.20. The number of anilines is 1. The van der Waals surface area contributed by atoms with E-state index in [1.54, 1.807) is 4.68 Å². The van der Waals surface area contributed by atoms with E-state index in [4.69, 9.17) is 11.6 Å². The maximum Gasteiger partial charge on any atom is 0.256 e. The molecule has 0 aliphatic carbocycles. The van der Waals surface area contributed by atoms with Crippen molar-refractivity contribution in [2.75, 3.05) is 5.32 Å². The highest BCUT2D eigenvalue weighted by atomic mass is 35.5. The number of pyridine rings is 1. The number of fused-ring (bicyclic) bond motifs is 1. The number of rotatable bonds is 3. The van der Waals surface area contributed by atoms with Crippen LogP contribution in [0.3, 0.4) is 0 Å². The van der Waals surface area contributed by atoms with Crippen molar-refractivity contribution < 1.29 is 4.79 Å². The van der Waals surface area contributed by atoms with Gasteiger partial charge in [-0.1, -0.05) is 31.5 Å². The van der Waals surface area contributed by atoms with Crippen molar-refractivity contribution in [3.63, 3.8) is 0 Å². The Hall–Kier alpha value is -2.40. The minimum absolute atomic E-state index is 0.203. The van der Waals surface area contributed by atoms with Crippen molar-refractivity contribution in [3.05, 3.63) is 51.8 Å². The van der Waals surface area contributed by atoms with Gasteiger partial charge in [-0.25, -0.2) is 4.98 Å². The van der Waals surface area contributed by atoms with Crippen molar-refractivity contribution in [1.82, 2.24) is 14.8 Å². The Kier molecular flexibility index (Phi) is 4.52. The van der Waals surface area contributed by atoms with Gasteiger partial charge in [0.25, 0.3) is 5.91 Å². The highest BCUT2D eigenvalue weighted by molar-refractivity contribution is 6.34. The molecule has 2 heterocycles. The van der Waals surface area contributed by atoms with E-state index in [-0.39, 0.29) is 11.8 Å². The van der Waals surface area contributed by atoms with E-state index in [2.05, 4.69) is 29.2 Å². The zero-order valence-electron chi connectivity index (χ0n) is 15.0. The first-order valence-corrected chi connectivity index (χ1v) is 8.57. The van der Waals surface area contributed by atoms with Crippen LogP contribution in [0.25, 0.3) is 11.0 Å². The van der Waals surface area contributed by atoms with E-state index in [1.807, 2.05) is 45.2 Å². The lowest BCUT2D eigenvalue weighted by Crippen LogP contribution is -2.14. The second-order valence-corrected chi connectivity index (χ2v) is 7.00. The number of hydrogen-bond acceptors (Lipinski definition) is 3. The van der Waals surface area contributed by atoms with Crippen molar-refractivity contribution >= 4 is 34.2 Å². The van der Waals surface area contributed by atoms with Gasteiger partial charge in [0.1, 0.15) is 0 Å². The van der Waals surface area contributed by atoms with Gasteiger partial charge in [0.2, 0.25) is 0 Å². The maximum absolute atomic E-state index is 13.0. The Labute approximate surface area is 152 Å². The van der Waals surface area contributed by atoms with Crippen molar-refractivity contribution in [2.24, 2.45) is 7.05 Å². The summed E-state index contributed by atoms with van der Waals surface area (Å²) in [6.45, 7) is 7.94. The lowest BCUT2D eigenvalue weighted by atomic mass is 10.0. The van der Waals surface area contributed by atoms with Crippen LogP contribution in [0.1, 0.15) is 47.1 Å². The third-order valence-electron chi connectivity index (χ3n) is 4.20. The minimum atomic E-state index is -0.212. The molecule has 1 amide bonds. The molecular weight excluding hydrogens is 336 g/mol. The fourth-order valence-electron chi connectivity index (χ4n) is 2.85. The number of carbonyl (C=O) groups is 1. The molecule has 1 aromatic carbocycles. The van der Waals surface area contributed by atoms with Crippen molar-refractivity contribution in [1.29, 1.82) is 0 Å². The third kappa shape index (κ3) is 3.24. The number of aromatic nitrogens is 3. The summed E-state index contributed by atoms with van der Waals surface area (Å²) in [6.07, 6.45) is 0. The fourth-order valence-corrected chi connectivity index (χ4v) is 3.13. The summed E-state index contributed by atoms with van der Waals surface area (Å²) < 4.78 is 1.71. The molecule has 0 atom stereocenters. The van der Waals surface area contributed by atoms with Crippen LogP contribution in [-0.2, 0) is 7.05 Å². The molecule has 130 valence electrons. The average molecular weight is 357 g/mol. The molecule has 0 bridgehead atoms. The molecule has 0 saturated heterocycles. The summed E-state index contributed by atoms with van der Waals surface area (Å²) in [7, 11) is 1.84. The number of benzene rings is 1. The minimum Gasteiger partial charge on any atom is -0.321 e. The smallest absolute Gasteiger partial charge is 0.256 e. The van der Waals surface area contributed by atoms with Gasteiger partial charge in [0, 0.05) is 12.7 Å². The summed E-state index contributed by atoms with van der Waals surface area (Å²) in [5, 5.41) is 8.62. The quantitative estimate of drug-likeness (QED) is 0.745. The number of hydrogen-bond donors (Lipinski definition) is 1. The molecule has 0 spiro atoms. The van der Waals surface area contributed by atoms with Gasteiger partial charge >= 0.3 is 0 Å². The van der Waals surface area contributed by atoms with Gasteiger partial charge in [-0.3, -0.25) is 9.48 Å². The highest BCUT2D eigenvalue weighted by Crippen LogP contribution is 2.27. The number of amides is 1. The Morgan fingerprint density at radius 2 is 1.96 bits per heavy atom. The van der Waals surface area contributed by atoms with Gasteiger partial charge in [0.05, 0.1) is 27.4 Å². The average Bonchev–Trinajstić information content (AvgIpc) is 2.83. The molecule has 0 saturated carbocycles. The van der Waals surface area contributed by atoms with Gasteiger partial charge < -0.3 is 5.32 Å². The predicted octanol–water partition coefficient (Wildman–Crippen LogP) is 4.61.